The van der Waals surface area contributed by atoms with Crippen LogP contribution in [-0.4, -0.2) is 11.0 Å². The Bertz CT molecular complexity index is 476. The number of nitrogens with zero attached hydrogens (tertiary/aromatic N) is 1. The molecule has 0 heterocycles. The average Bonchev–Trinajstić information content (AvgIpc) is 2.29. The molecule has 2 atom stereocenters. The Kier molecular flexibility index (Phi) is 3.43. The van der Waals surface area contributed by atoms with Crippen molar-refractivity contribution in [2.75, 3.05) is 0 Å². The molecule has 0 amide bonds. The molecule has 0 unspecified atom stereocenters. The average molecular weight is 256 g/mol. The number of nitro groups is 1. The summed E-state index contributed by atoms with van der Waals surface area (Å²) in [7, 11) is 0. The van der Waals surface area contributed by atoms with Crippen molar-refractivity contribution < 1.29 is 9.31 Å². The van der Waals surface area contributed by atoms with E-state index in [9.17, 15) is 14.5 Å². The lowest BCUT2D eigenvalue weighted by Crippen LogP contribution is -2.29. The molecular formula is C12H11ClFNO2. The van der Waals surface area contributed by atoms with E-state index in [-0.39, 0.29) is 15.9 Å². The number of hydrogen-bond donors (Lipinski definition) is 0. The fourth-order valence-electron chi connectivity index (χ4n) is 2.17. The van der Waals surface area contributed by atoms with Crippen LogP contribution >= 0.6 is 11.6 Å². The maximum atomic E-state index is 12.9. The molecule has 0 aromatic heterocycles. The summed E-state index contributed by atoms with van der Waals surface area (Å²) in [5.74, 6) is -0.703. The summed E-state index contributed by atoms with van der Waals surface area (Å²) in [4.78, 5) is 10.7. The highest BCUT2D eigenvalue weighted by atomic mass is 35.5. The summed E-state index contributed by atoms with van der Waals surface area (Å²) >= 11 is 5.95. The van der Waals surface area contributed by atoms with E-state index in [0.29, 0.717) is 18.4 Å². The summed E-state index contributed by atoms with van der Waals surface area (Å²) in [6.45, 7) is 0. The first-order chi connectivity index (χ1) is 8.09. The zero-order valence-electron chi connectivity index (χ0n) is 8.98. The quantitative estimate of drug-likeness (QED) is 0.461. The van der Waals surface area contributed by atoms with E-state index in [1.165, 1.54) is 18.2 Å². The lowest BCUT2D eigenvalue weighted by atomic mass is 9.84. The van der Waals surface area contributed by atoms with Crippen LogP contribution in [0.3, 0.4) is 0 Å². The summed E-state index contributed by atoms with van der Waals surface area (Å²) in [5, 5.41) is 11.2. The van der Waals surface area contributed by atoms with Gasteiger partial charge in [0.25, 0.3) is 0 Å². The molecule has 90 valence electrons. The molecule has 1 aliphatic rings. The lowest BCUT2D eigenvalue weighted by Gasteiger charge is -2.23. The van der Waals surface area contributed by atoms with Gasteiger partial charge in [0.05, 0.1) is 5.92 Å². The van der Waals surface area contributed by atoms with Crippen molar-refractivity contribution in [2.45, 2.75) is 24.8 Å². The van der Waals surface area contributed by atoms with E-state index in [4.69, 9.17) is 11.6 Å². The monoisotopic (exact) mass is 255 g/mol. The third-order valence-electron chi connectivity index (χ3n) is 3.03. The molecule has 0 saturated heterocycles. The molecule has 0 saturated carbocycles. The maximum absolute atomic E-state index is 12.9. The van der Waals surface area contributed by atoms with Crippen LogP contribution in [0.25, 0.3) is 0 Å². The topological polar surface area (TPSA) is 43.1 Å². The van der Waals surface area contributed by atoms with Gasteiger partial charge in [-0.1, -0.05) is 29.8 Å². The van der Waals surface area contributed by atoms with Crippen LogP contribution in [0.15, 0.2) is 30.4 Å². The molecule has 0 bridgehead atoms. The van der Waals surface area contributed by atoms with Gasteiger partial charge in [-0.2, -0.15) is 0 Å². The van der Waals surface area contributed by atoms with Gasteiger partial charge in [-0.3, -0.25) is 10.1 Å². The van der Waals surface area contributed by atoms with Gasteiger partial charge in [0.1, 0.15) is 5.82 Å². The summed E-state index contributed by atoms with van der Waals surface area (Å²) in [6.07, 6.45) is 4.67. The van der Waals surface area contributed by atoms with Crippen LogP contribution in [0.1, 0.15) is 24.3 Å². The molecule has 0 fully saturated rings. The standard InChI is InChI=1S/C12H11ClFNO2/c13-11-7-8(14)5-6-9(11)10-3-1-2-4-12(10)15(16)17/h1-2,5-7,10,12H,3-4H2/t10-,12+/m1/s1. The summed E-state index contributed by atoms with van der Waals surface area (Å²) in [6, 6.07) is 3.35. The largest absolute Gasteiger partial charge is 0.264 e. The zero-order valence-corrected chi connectivity index (χ0v) is 9.73. The van der Waals surface area contributed by atoms with Crippen LogP contribution in [0.2, 0.25) is 5.02 Å². The van der Waals surface area contributed by atoms with Gasteiger partial charge in [0, 0.05) is 16.4 Å². The van der Waals surface area contributed by atoms with Crippen LogP contribution in [0, 0.1) is 15.9 Å². The molecule has 2 rings (SSSR count). The second kappa shape index (κ2) is 4.84. The maximum Gasteiger partial charge on any atom is 0.223 e. The predicted molar refractivity (Wildman–Crippen MR) is 63.3 cm³/mol. The Hall–Kier alpha value is -1.42. The van der Waals surface area contributed by atoms with Crippen molar-refractivity contribution >= 4 is 11.6 Å². The highest BCUT2D eigenvalue weighted by Gasteiger charge is 2.34. The fraction of sp³-hybridized carbons (Fsp3) is 0.333. The van der Waals surface area contributed by atoms with Gasteiger partial charge >= 0.3 is 0 Å². The first-order valence-corrected chi connectivity index (χ1v) is 5.71. The van der Waals surface area contributed by atoms with Gasteiger partial charge in [0.15, 0.2) is 0 Å². The van der Waals surface area contributed by atoms with Crippen LogP contribution in [0.5, 0.6) is 0 Å². The third-order valence-corrected chi connectivity index (χ3v) is 3.36. The molecular weight excluding hydrogens is 245 g/mol. The normalized spacial score (nSPS) is 23.6. The van der Waals surface area contributed by atoms with E-state index in [0.717, 1.165) is 0 Å². The van der Waals surface area contributed by atoms with E-state index < -0.39 is 11.9 Å². The Morgan fingerprint density at radius 1 is 1.35 bits per heavy atom. The second-order valence-electron chi connectivity index (χ2n) is 4.07. The second-order valence-corrected chi connectivity index (χ2v) is 4.48. The first-order valence-electron chi connectivity index (χ1n) is 5.33. The van der Waals surface area contributed by atoms with Crippen LogP contribution in [-0.2, 0) is 0 Å². The minimum absolute atomic E-state index is 0.261. The minimum Gasteiger partial charge on any atom is -0.264 e. The fourth-order valence-corrected chi connectivity index (χ4v) is 2.48. The molecule has 17 heavy (non-hydrogen) atoms. The van der Waals surface area contributed by atoms with Gasteiger partial charge in [-0.25, -0.2) is 4.39 Å². The lowest BCUT2D eigenvalue weighted by molar-refractivity contribution is -0.526. The van der Waals surface area contributed by atoms with Crippen LogP contribution < -0.4 is 0 Å². The number of hydrogen-bond acceptors (Lipinski definition) is 2. The number of allylic oxidation sites excluding steroid dienone is 1. The molecule has 1 aliphatic carbocycles. The first kappa shape index (κ1) is 12.0. The smallest absolute Gasteiger partial charge is 0.223 e. The van der Waals surface area contributed by atoms with Crippen LogP contribution in [0.4, 0.5) is 4.39 Å². The van der Waals surface area contributed by atoms with Gasteiger partial charge in [-0.15, -0.1) is 0 Å². The van der Waals surface area contributed by atoms with E-state index in [1.54, 1.807) is 6.08 Å². The van der Waals surface area contributed by atoms with Crippen molar-refractivity contribution in [1.82, 2.24) is 0 Å². The summed E-state index contributed by atoms with van der Waals surface area (Å²) in [5.41, 5.74) is 0.652. The van der Waals surface area contributed by atoms with Crippen molar-refractivity contribution in [2.24, 2.45) is 0 Å². The van der Waals surface area contributed by atoms with Crippen molar-refractivity contribution in [1.29, 1.82) is 0 Å². The predicted octanol–water partition coefficient (Wildman–Crippen LogP) is 3.56. The van der Waals surface area contributed by atoms with E-state index in [1.807, 2.05) is 6.08 Å². The minimum atomic E-state index is -0.678. The Labute approximate surface area is 103 Å². The molecule has 0 aliphatic heterocycles. The summed E-state index contributed by atoms with van der Waals surface area (Å²) < 4.78 is 12.9. The third kappa shape index (κ3) is 2.47. The van der Waals surface area contributed by atoms with Gasteiger partial charge in [0.2, 0.25) is 6.04 Å². The Balaban J connectivity index is 2.37. The van der Waals surface area contributed by atoms with Gasteiger partial charge < -0.3 is 0 Å². The molecule has 1 aromatic rings. The van der Waals surface area contributed by atoms with Crippen molar-refractivity contribution in [3.8, 4) is 0 Å². The molecule has 3 nitrogen and oxygen atoms in total. The highest BCUT2D eigenvalue weighted by molar-refractivity contribution is 6.31. The molecule has 0 spiro atoms. The molecule has 5 heteroatoms. The number of halogens is 2. The molecule has 0 N–H and O–H groups in total. The SMILES string of the molecule is O=[N+]([O-])[C@H]1CC=CC[C@@H]1c1ccc(F)cc1Cl. The Morgan fingerprint density at radius 2 is 2.06 bits per heavy atom. The van der Waals surface area contributed by atoms with E-state index in [2.05, 4.69) is 0 Å². The molecule has 1 aromatic carbocycles. The zero-order chi connectivity index (χ0) is 12.4. The Morgan fingerprint density at radius 3 is 2.71 bits per heavy atom. The van der Waals surface area contributed by atoms with Crippen molar-refractivity contribution in [3.63, 3.8) is 0 Å². The highest BCUT2D eigenvalue weighted by Crippen LogP contribution is 2.35. The number of benzene rings is 1. The van der Waals surface area contributed by atoms with E-state index >= 15 is 0 Å². The number of rotatable bonds is 2. The van der Waals surface area contributed by atoms with Crippen molar-refractivity contribution in [3.05, 3.63) is 56.9 Å². The molecule has 0 radical (unpaired) electrons. The van der Waals surface area contributed by atoms with Gasteiger partial charge in [-0.05, 0) is 24.1 Å².